The number of nitrogens with zero attached hydrogens (tertiary/aromatic N) is 2. The summed E-state index contributed by atoms with van der Waals surface area (Å²) in [5, 5.41) is 7.48. The fourth-order valence-corrected chi connectivity index (χ4v) is 9.69. The minimum absolute atomic E-state index is 1.10. The number of benzene rings is 10. The third-order valence-corrected chi connectivity index (χ3v) is 12.6. The molecule has 0 N–H and O–H groups in total. The van der Waals surface area contributed by atoms with Crippen LogP contribution in [-0.2, 0) is 0 Å². The van der Waals surface area contributed by atoms with Crippen molar-refractivity contribution in [2.45, 2.75) is 0 Å². The molecular formula is C56H38N2S. The van der Waals surface area contributed by atoms with Gasteiger partial charge in [0, 0.05) is 53.7 Å². The molecule has 1 aromatic heterocycles. The Labute approximate surface area is 348 Å². The highest BCUT2D eigenvalue weighted by Gasteiger charge is 2.19. The van der Waals surface area contributed by atoms with E-state index in [1.807, 2.05) is 11.3 Å². The van der Waals surface area contributed by atoms with Crippen LogP contribution in [0.25, 0.3) is 64.0 Å². The summed E-state index contributed by atoms with van der Waals surface area (Å²) in [6.45, 7) is 0. The Morgan fingerprint density at radius 1 is 0.254 bits per heavy atom. The number of anilines is 6. The van der Waals surface area contributed by atoms with Gasteiger partial charge in [-0.3, -0.25) is 0 Å². The second-order valence-corrected chi connectivity index (χ2v) is 16.0. The van der Waals surface area contributed by atoms with Gasteiger partial charge in [-0.1, -0.05) is 164 Å². The highest BCUT2D eigenvalue weighted by molar-refractivity contribution is 7.25. The van der Waals surface area contributed by atoms with Crippen LogP contribution >= 0.6 is 11.3 Å². The van der Waals surface area contributed by atoms with Crippen molar-refractivity contribution in [2.24, 2.45) is 0 Å². The van der Waals surface area contributed by atoms with Gasteiger partial charge in [0.05, 0.1) is 11.4 Å². The van der Waals surface area contributed by atoms with E-state index in [2.05, 4.69) is 240 Å². The zero-order valence-electron chi connectivity index (χ0n) is 32.2. The third kappa shape index (κ3) is 6.39. The van der Waals surface area contributed by atoms with Crippen molar-refractivity contribution in [1.82, 2.24) is 0 Å². The molecule has 10 aromatic carbocycles. The topological polar surface area (TPSA) is 6.48 Å². The van der Waals surface area contributed by atoms with E-state index in [1.165, 1.54) is 64.0 Å². The molecule has 0 atom stereocenters. The van der Waals surface area contributed by atoms with Gasteiger partial charge in [0.15, 0.2) is 0 Å². The molecule has 0 radical (unpaired) electrons. The third-order valence-electron chi connectivity index (χ3n) is 11.5. The summed E-state index contributed by atoms with van der Waals surface area (Å²) in [5.41, 5.74) is 11.5. The second-order valence-electron chi connectivity index (χ2n) is 15.0. The summed E-state index contributed by atoms with van der Waals surface area (Å²) < 4.78 is 2.60. The van der Waals surface area contributed by atoms with E-state index in [4.69, 9.17) is 0 Å². The normalized spacial score (nSPS) is 11.4. The summed E-state index contributed by atoms with van der Waals surface area (Å²) in [4.78, 5) is 4.78. The lowest BCUT2D eigenvalue weighted by molar-refractivity contribution is 1.29. The SMILES string of the molecule is c1ccc(-c2ccc(N(c3ccc(-c4ccc(N(c5ccc6c(c5)sc5ccccc56)c5cccc6ccccc56)cc4)cc3)c3cccc4ccccc34)cc2)cc1. The summed E-state index contributed by atoms with van der Waals surface area (Å²) in [7, 11) is 0. The average molecular weight is 771 g/mol. The molecule has 278 valence electrons. The van der Waals surface area contributed by atoms with Crippen LogP contribution in [0.1, 0.15) is 0 Å². The quantitative estimate of drug-likeness (QED) is 0.152. The maximum Gasteiger partial charge on any atom is 0.0540 e. The van der Waals surface area contributed by atoms with Gasteiger partial charge >= 0.3 is 0 Å². The van der Waals surface area contributed by atoms with Crippen LogP contribution in [0.15, 0.2) is 231 Å². The van der Waals surface area contributed by atoms with Crippen molar-refractivity contribution in [3.05, 3.63) is 231 Å². The van der Waals surface area contributed by atoms with Gasteiger partial charge < -0.3 is 9.80 Å². The highest BCUT2D eigenvalue weighted by Crippen LogP contribution is 2.44. The number of hydrogen-bond acceptors (Lipinski definition) is 3. The molecule has 1 heterocycles. The Morgan fingerprint density at radius 3 is 1.19 bits per heavy atom. The fourth-order valence-electron chi connectivity index (χ4n) is 8.55. The molecule has 0 saturated heterocycles. The highest BCUT2D eigenvalue weighted by atomic mass is 32.1. The Bertz CT molecular complexity index is 3250. The Morgan fingerprint density at radius 2 is 0.644 bits per heavy atom. The smallest absolute Gasteiger partial charge is 0.0540 e. The average Bonchev–Trinajstić information content (AvgIpc) is 3.68. The van der Waals surface area contributed by atoms with Crippen molar-refractivity contribution >= 4 is 87.2 Å². The van der Waals surface area contributed by atoms with Gasteiger partial charge in [-0.05, 0) is 99.8 Å². The first kappa shape index (κ1) is 34.8. The fraction of sp³-hybridized carbons (Fsp3) is 0. The van der Waals surface area contributed by atoms with Crippen LogP contribution in [0.2, 0.25) is 0 Å². The first-order valence-electron chi connectivity index (χ1n) is 20.1. The van der Waals surface area contributed by atoms with E-state index >= 15 is 0 Å². The van der Waals surface area contributed by atoms with Gasteiger partial charge in [-0.2, -0.15) is 0 Å². The van der Waals surface area contributed by atoms with E-state index in [1.54, 1.807) is 0 Å². The van der Waals surface area contributed by atoms with E-state index in [0.717, 1.165) is 34.1 Å². The minimum Gasteiger partial charge on any atom is -0.310 e. The van der Waals surface area contributed by atoms with E-state index in [-0.39, 0.29) is 0 Å². The van der Waals surface area contributed by atoms with Crippen molar-refractivity contribution in [3.8, 4) is 22.3 Å². The monoisotopic (exact) mass is 770 g/mol. The maximum atomic E-state index is 2.41. The van der Waals surface area contributed by atoms with Crippen molar-refractivity contribution in [3.63, 3.8) is 0 Å². The largest absolute Gasteiger partial charge is 0.310 e. The number of thiophene rings is 1. The van der Waals surface area contributed by atoms with Gasteiger partial charge in [-0.25, -0.2) is 0 Å². The Hall–Kier alpha value is -7.46. The lowest BCUT2D eigenvalue weighted by atomic mass is 10.0. The lowest BCUT2D eigenvalue weighted by Crippen LogP contribution is -2.10. The van der Waals surface area contributed by atoms with E-state index in [9.17, 15) is 0 Å². The lowest BCUT2D eigenvalue weighted by Gasteiger charge is -2.27. The van der Waals surface area contributed by atoms with Crippen molar-refractivity contribution in [2.75, 3.05) is 9.80 Å². The van der Waals surface area contributed by atoms with Crippen LogP contribution in [0.4, 0.5) is 34.1 Å². The van der Waals surface area contributed by atoms with Crippen LogP contribution < -0.4 is 9.80 Å². The van der Waals surface area contributed by atoms with Crippen LogP contribution in [-0.4, -0.2) is 0 Å². The molecule has 0 saturated carbocycles. The summed E-state index contributed by atoms with van der Waals surface area (Å²) >= 11 is 1.86. The molecule has 59 heavy (non-hydrogen) atoms. The first-order chi connectivity index (χ1) is 29.2. The molecule has 0 aliphatic heterocycles. The molecule has 2 nitrogen and oxygen atoms in total. The maximum absolute atomic E-state index is 2.41. The van der Waals surface area contributed by atoms with Crippen molar-refractivity contribution in [1.29, 1.82) is 0 Å². The standard InChI is InChI=1S/C56H38N2S/c1-2-12-39(13-3-1)40-24-30-45(31-25-40)57(53-21-10-16-43-14-4-6-18-49(43)53)46-32-26-41(27-33-46)42-28-34-47(35-29-42)58(54-22-11-17-44-15-5-7-19-50(44)54)48-36-37-52-51-20-8-9-23-55(51)59-56(52)38-48/h1-38H. The zero-order chi connectivity index (χ0) is 39.1. The second kappa shape index (κ2) is 14.8. The number of hydrogen-bond donors (Lipinski definition) is 0. The molecule has 0 amide bonds. The predicted octanol–water partition coefficient (Wildman–Crippen LogP) is 16.6. The minimum atomic E-state index is 1.10. The number of fused-ring (bicyclic) bond motifs is 5. The summed E-state index contributed by atoms with van der Waals surface area (Å²) in [5.74, 6) is 0. The molecule has 0 bridgehead atoms. The van der Waals surface area contributed by atoms with Crippen LogP contribution in [0.5, 0.6) is 0 Å². The van der Waals surface area contributed by atoms with Gasteiger partial charge in [0.1, 0.15) is 0 Å². The Balaban J connectivity index is 0.968. The van der Waals surface area contributed by atoms with E-state index in [0.29, 0.717) is 0 Å². The van der Waals surface area contributed by atoms with Gasteiger partial charge in [0.25, 0.3) is 0 Å². The van der Waals surface area contributed by atoms with Crippen molar-refractivity contribution < 1.29 is 0 Å². The molecule has 0 fully saturated rings. The van der Waals surface area contributed by atoms with E-state index < -0.39 is 0 Å². The molecule has 0 aliphatic rings. The summed E-state index contributed by atoms with van der Waals surface area (Å²) in [6.07, 6.45) is 0. The zero-order valence-corrected chi connectivity index (χ0v) is 33.1. The molecular weight excluding hydrogens is 733 g/mol. The number of rotatable bonds is 8. The first-order valence-corrected chi connectivity index (χ1v) is 20.9. The van der Waals surface area contributed by atoms with Gasteiger partial charge in [-0.15, -0.1) is 11.3 Å². The predicted molar refractivity (Wildman–Crippen MR) is 255 cm³/mol. The Kier molecular flexibility index (Phi) is 8.72. The molecule has 0 spiro atoms. The van der Waals surface area contributed by atoms with Crippen LogP contribution in [0.3, 0.4) is 0 Å². The molecule has 11 rings (SSSR count). The van der Waals surface area contributed by atoms with Crippen LogP contribution in [0, 0.1) is 0 Å². The van der Waals surface area contributed by atoms with Gasteiger partial charge in [0.2, 0.25) is 0 Å². The molecule has 0 unspecified atom stereocenters. The summed E-state index contributed by atoms with van der Waals surface area (Å²) in [6, 6.07) is 83.6. The molecule has 0 aliphatic carbocycles. The molecule has 11 aromatic rings. The molecule has 3 heteroatoms.